The molecule has 0 unspecified atom stereocenters. The van der Waals surface area contributed by atoms with Crippen LogP contribution in [0.15, 0.2) is 53.0 Å². The largest absolute Gasteiger partial charge is 0.399 e. The van der Waals surface area contributed by atoms with Crippen LogP contribution < -0.4 is 11.1 Å². The zero-order chi connectivity index (χ0) is 10.7. The Morgan fingerprint density at radius 1 is 0.933 bits per heavy atom. The van der Waals surface area contributed by atoms with Crippen LogP contribution in [0.5, 0.6) is 0 Å². The fraction of sp³-hybridized carbons (Fsp3) is 0. The summed E-state index contributed by atoms with van der Waals surface area (Å²) >= 11 is 3.39. The number of hydrogen-bond donors (Lipinski definition) is 2. The van der Waals surface area contributed by atoms with Gasteiger partial charge in [-0.1, -0.05) is 22.0 Å². The van der Waals surface area contributed by atoms with Crippen LogP contribution in [0.1, 0.15) is 0 Å². The average Bonchev–Trinajstić information content (AvgIpc) is 2.22. The fourth-order valence-electron chi connectivity index (χ4n) is 1.32. The first-order valence-corrected chi connectivity index (χ1v) is 5.41. The number of nitrogens with two attached hydrogens (primary N) is 1. The second kappa shape index (κ2) is 4.36. The highest BCUT2D eigenvalue weighted by Crippen LogP contribution is 2.20. The van der Waals surface area contributed by atoms with Crippen LogP contribution in [0.3, 0.4) is 0 Å². The molecular formula is C12H11BrN2. The van der Waals surface area contributed by atoms with Gasteiger partial charge >= 0.3 is 0 Å². The number of benzene rings is 2. The standard InChI is InChI=1S/C12H11BrN2/c13-9-4-6-11(7-5-9)15-12-3-1-2-10(14)8-12/h1-8,15H,14H2. The number of rotatable bonds is 2. The van der Waals surface area contributed by atoms with E-state index in [-0.39, 0.29) is 0 Å². The van der Waals surface area contributed by atoms with Crippen molar-refractivity contribution in [2.24, 2.45) is 0 Å². The second-order valence-corrected chi connectivity index (χ2v) is 4.17. The van der Waals surface area contributed by atoms with Gasteiger partial charge in [-0.05, 0) is 42.5 Å². The van der Waals surface area contributed by atoms with E-state index in [2.05, 4.69) is 21.2 Å². The van der Waals surface area contributed by atoms with E-state index >= 15 is 0 Å². The summed E-state index contributed by atoms with van der Waals surface area (Å²) in [5, 5.41) is 3.27. The van der Waals surface area contributed by atoms with Crippen LogP contribution in [-0.4, -0.2) is 0 Å². The monoisotopic (exact) mass is 262 g/mol. The molecule has 0 atom stereocenters. The van der Waals surface area contributed by atoms with Gasteiger partial charge in [-0.2, -0.15) is 0 Å². The lowest BCUT2D eigenvalue weighted by Crippen LogP contribution is -1.91. The van der Waals surface area contributed by atoms with E-state index in [1.54, 1.807) is 0 Å². The molecule has 2 aromatic carbocycles. The highest BCUT2D eigenvalue weighted by atomic mass is 79.9. The third kappa shape index (κ3) is 2.73. The number of nitrogen functional groups attached to an aromatic ring is 1. The molecule has 0 aromatic heterocycles. The third-order valence-electron chi connectivity index (χ3n) is 2.02. The fourth-order valence-corrected chi connectivity index (χ4v) is 1.58. The van der Waals surface area contributed by atoms with Crippen LogP contribution in [0.2, 0.25) is 0 Å². The van der Waals surface area contributed by atoms with Crippen molar-refractivity contribution >= 4 is 33.0 Å². The number of nitrogens with one attached hydrogen (secondary N) is 1. The summed E-state index contributed by atoms with van der Waals surface area (Å²) in [5.74, 6) is 0. The molecular weight excluding hydrogens is 252 g/mol. The molecule has 0 saturated carbocycles. The summed E-state index contributed by atoms with van der Waals surface area (Å²) in [6.07, 6.45) is 0. The first kappa shape index (κ1) is 10.1. The number of halogens is 1. The van der Waals surface area contributed by atoms with Gasteiger partial charge in [-0.3, -0.25) is 0 Å². The SMILES string of the molecule is Nc1cccc(Nc2ccc(Br)cc2)c1. The van der Waals surface area contributed by atoms with Gasteiger partial charge in [0, 0.05) is 21.5 Å². The lowest BCUT2D eigenvalue weighted by atomic mass is 10.2. The molecule has 2 aromatic rings. The summed E-state index contributed by atoms with van der Waals surface area (Å²) in [6.45, 7) is 0. The minimum absolute atomic E-state index is 0.761. The Labute approximate surface area is 97.2 Å². The van der Waals surface area contributed by atoms with Gasteiger partial charge in [0.2, 0.25) is 0 Å². The zero-order valence-electron chi connectivity index (χ0n) is 8.07. The van der Waals surface area contributed by atoms with E-state index in [9.17, 15) is 0 Å². The van der Waals surface area contributed by atoms with Gasteiger partial charge in [-0.25, -0.2) is 0 Å². The maximum Gasteiger partial charge on any atom is 0.0404 e. The van der Waals surface area contributed by atoms with Crippen molar-refractivity contribution in [2.75, 3.05) is 11.1 Å². The topological polar surface area (TPSA) is 38.0 Å². The van der Waals surface area contributed by atoms with Gasteiger partial charge < -0.3 is 11.1 Å². The first-order valence-electron chi connectivity index (χ1n) is 4.62. The van der Waals surface area contributed by atoms with Crippen LogP contribution in [-0.2, 0) is 0 Å². The summed E-state index contributed by atoms with van der Waals surface area (Å²) in [7, 11) is 0. The Bertz CT molecular complexity index is 451. The van der Waals surface area contributed by atoms with Crippen LogP contribution in [0.25, 0.3) is 0 Å². The lowest BCUT2D eigenvalue weighted by Gasteiger charge is -2.06. The Hall–Kier alpha value is -1.48. The molecule has 76 valence electrons. The average molecular weight is 263 g/mol. The molecule has 3 N–H and O–H groups in total. The highest BCUT2D eigenvalue weighted by Gasteiger charge is 1.94. The molecule has 15 heavy (non-hydrogen) atoms. The van der Waals surface area contributed by atoms with E-state index < -0.39 is 0 Å². The quantitative estimate of drug-likeness (QED) is 0.809. The van der Waals surface area contributed by atoms with Crippen molar-refractivity contribution in [3.05, 3.63) is 53.0 Å². The summed E-state index contributed by atoms with van der Waals surface area (Å²) < 4.78 is 1.07. The molecule has 2 rings (SSSR count). The molecule has 0 fully saturated rings. The van der Waals surface area contributed by atoms with Gasteiger partial charge in [0.25, 0.3) is 0 Å². The van der Waals surface area contributed by atoms with Crippen LogP contribution in [0, 0.1) is 0 Å². The molecule has 3 heteroatoms. The lowest BCUT2D eigenvalue weighted by molar-refractivity contribution is 1.54. The van der Waals surface area contributed by atoms with Crippen molar-refractivity contribution in [1.82, 2.24) is 0 Å². The van der Waals surface area contributed by atoms with Gasteiger partial charge in [-0.15, -0.1) is 0 Å². The molecule has 0 aliphatic heterocycles. The van der Waals surface area contributed by atoms with E-state index in [4.69, 9.17) is 5.73 Å². The van der Waals surface area contributed by atoms with Crippen molar-refractivity contribution in [1.29, 1.82) is 0 Å². The number of hydrogen-bond acceptors (Lipinski definition) is 2. The smallest absolute Gasteiger partial charge is 0.0404 e. The van der Waals surface area contributed by atoms with Crippen molar-refractivity contribution in [3.8, 4) is 0 Å². The Kier molecular flexibility index (Phi) is 2.92. The normalized spacial score (nSPS) is 9.93. The minimum Gasteiger partial charge on any atom is -0.399 e. The molecule has 0 aliphatic rings. The Balaban J connectivity index is 2.18. The Morgan fingerprint density at radius 2 is 1.67 bits per heavy atom. The van der Waals surface area contributed by atoms with E-state index in [0.717, 1.165) is 21.5 Å². The predicted molar refractivity (Wildman–Crippen MR) is 68.3 cm³/mol. The number of anilines is 3. The van der Waals surface area contributed by atoms with E-state index in [1.165, 1.54) is 0 Å². The molecule has 0 amide bonds. The molecule has 0 bridgehead atoms. The van der Waals surface area contributed by atoms with Gasteiger partial charge in [0.15, 0.2) is 0 Å². The molecule has 0 radical (unpaired) electrons. The zero-order valence-corrected chi connectivity index (χ0v) is 9.66. The van der Waals surface area contributed by atoms with Crippen molar-refractivity contribution in [3.63, 3.8) is 0 Å². The van der Waals surface area contributed by atoms with Crippen molar-refractivity contribution in [2.45, 2.75) is 0 Å². The Morgan fingerprint density at radius 3 is 2.33 bits per heavy atom. The van der Waals surface area contributed by atoms with Crippen molar-refractivity contribution < 1.29 is 0 Å². The first-order chi connectivity index (χ1) is 7.24. The van der Waals surface area contributed by atoms with E-state index in [1.807, 2.05) is 48.5 Å². The maximum atomic E-state index is 5.69. The molecule has 0 heterocycles. The predicted octanol–water partition coefficient (Wildman–Crippen LogP) is 3.77. The highest BCUT2D eigenvalue weighted by molar-refractivity contribution is 9.10. The second-order valence-electron chi connectivity index (χ2n) is 3.26. The van der Waals surface area contributed by atoms with Gasteiger partial charge in [0.05, 0.1) is 0 Å². The summed E-state index contributed by atoms with van der Waals surface area (Å²) in [4.78, 5) is 0. The molecule has 0 spiro atoms. The van der Waals surface area contributed by atoms with E-state index in [0.29, 0.717) is 0 Å². The maximum absolute atomic E-state index is 5.69. The summed E-state index contributed by atoms with van der Waals surface area (Å²) in [6, 6.07) is 15.7. The molecule has 0 saturated heterocycles. The van der Waals surface area contributed by atoms with Crippen LogP contribution in [0.4, 0.5) is 17.1 Å². The molecule has 2 nitrogen and oxygen atoms in total. The third-order valence-corrected chi connectivity index (χ3v) is 2.55. The summed E-state index contributed by atoms with van der Waals surface area (Å²) in [5.41, 5.74) is 8.49. The van der Waals surface area contributed by atoms with Gasteiger partial charge in [0.1, 0.15) is 0 Å². The molecule has 0 aliphatic carbocycles. The van der Waals surface area contributed by atoms with Crippen LogP contribution >= 0.6 is 15.9 Å². The minimum atomic E-state index is 0.761.